The summed E-state index contributed by atoms with van der Waals surface area (Å²) in [6.45, 7) is 1.75. The van der Waals surface area contributed by atoms with E-state index in [2.05, 4.69) is 5.10 Å². The molecular weight excluding hydrogens is 311 g/mol. The summed E-state index contributed by atoms with van der Waals surface area (Å²) in [6.07, 6.45) is -4.59. The number of carbonyl (C=O) groups excluding carboxylic acids is 1. The standard InChI is InChI=1S/C15H16F3N3O2/c1-10-4-2-3-5-11(10)9-21(6-7-22)14(23)12-8-13(20-19-12)15(16,17)18/h2-5,8,22H,6-7,9H2,1H3,(H,19,20). The third-order valence-corrected chi connectivity index (χ3v) is 3.38. The third-order valence-electron chi connectivity index (χ3n) is 3.38. The first-order chi connectivity index (χ1) is 10.8. The van der Waals surface area contributed by atoms with Crippen LogP contribution in [0.3, 0.4) is 0 Å². The van der Waals surface area contributed by atoms with E-state index in [9.17, 15) is 18.0 Å². The van der Waals surface area contributed by atoms with Gasteiger partial charge in [0.15, 0.2) is 5.69 Å². The van der Waals surface area contributed by atoms with Crippen molar-refractivity contribution < 1.29 is 23.1 Å². The molecule has 0 aliphatic rings. The number of aliphatic hydroxyl groups excluding tert-OH is 1. The number of rotatable bonds is 5. The Kier molecular flexibility index (Phi) is 5.05. The molecule has 8 heteroatoms. The van der Waals surface area contributed by atoms with Crippen LogP contribution < -0.4 is 0 Å². The fraction of sp³-hybridized carbons (Fsp3) is 0.333. The Morgan fingerprint density at radius 2 is 2.04 bits per heavy atom. The maximum absolute atomic E-state index is 12.6. The first kappa shape index (κ1) is 17.0. The highest BCUT2D eigenvalue weighted by Gasteiger charge is 2.34. The lowest BCUT2D eigenvalue weighted by Gasteiger charge is -2.21. The Hall–Kier alpha value is -2.35. The molecule has 0 saturated heterocycles. The fourth-order valence-electron chi connectivity index (χ4n) is 2.10. The van der Waals surface area contributed by atoms with Crippen LogP contribution in [-0.4, -0.2) is 39.3 Å². The molecule has 0 spiro atoms. The summed E-state index contributed by atoms with van der Waals surface area (Å²) in [4.78, 5) is 13.6. The number of hydrogen-bond acceptors (Lipinski definition) is 3. The van der Waals surface area contributed by atoms with E-state index in [-0.39, 0.29) is 25.4 Å². The quantitative estimate of drug-likeness (QED) is 0.886. The Morgan fingerprint density at radius 1 is 1.35 bits per heavy atom. The van der Waals surface area contributed by atoms with E-state index in [1.165, 1.54) is 4.90 Å². The van der Waals surface area contributed by atoms with Gasteiger partial charge in [0.1, 0.15) is 5.69 Å². The van der Waals surface area contributed by atoms with Crippen molar-refractivity contribution in [1.82, 2.24) is 15.1 Å². The summed E-state index contributed by atoms with van der Waals surface area (Å²) < 4.78 is 37.7. The van der Waals surface area contributed by atoms with Crippen LogP contribution >= 0.6 is 0 Å². The molecule has 0 bridgehead atoms. The summed E-state index contributed by atoms with van der Waals surface area (Å²) in [6, 6.07) is 8.01. The third kappa shape index (κ3) is 4.10. The molecule has 1 aromatic carbocycles. The lowest BCUT2D eigenvalue weighted by Crippen LogP contribution is -2.33. The van der Waals surface area contributed by atoms with Crippen molar-refractivity contribution in [3.05, 3.63) is 52.8 Å². The minimum atomic E-state index is -4.59. The summed E-state index contributed by atoms with van der Waals surface area (Å²) in [7, 11) is 0. The van der Waals surface area contributed by atoms with Gasteiger partial charge in [0, 0.05) is 19.2 Å². The number of aromatic amines is 1. The number of benzene rings is 1. The predicted molar refractivity (Wildman–Crippen MR) is 76.6 cm³/mol. The van der Waals surface area contributed by atoms with Crippen molar-refractivity contribution >= 4 is 5.91 Å². The molecule has 2 rings (SSSR count). The van der Waals surface area contributed by atoms with Crippen molar-refractivity contribution in [2.24, 2.45) is 0 Å². The zero-order valence-corrected chi connectivity index (χ0v) is 12.4. The largest absolute Gasteiger partial charge is 0.432 e. The van der Waals surface area contributed by atoms with Crippen molar-refractivity contribution in [2.45, 2.75) is 19.6 Å². The number of amides is 1. The maximum atomic E-state index is 12.6. The van der Waals surface area contributed by atoms with E-state index in [0.29, 0.717) is 6.07 Å². The van der Waals surface area contributed by atoms with Crippen LogP contribution in [0.15, 0.2) is 30.3 Å². The van der Waals surface area contributed by atoms with Gasteiger partial charge in [-0.3, -0.25) is 9.89 Å². The van der Waals surface area contributed by atoms with Gasteiger partial charge in [0.05, 0.1) is 6.61 Å². The first-order valence-corrected chi connectivity index (χ1v) is 6.90. The summed E-state index contributed by atoms with van der Waals surface area (Å²) in [5.41, 5.74) is 0.377. The van der Waals surface area contributed by atoms with Gasteiger partial charge in [-0.15, -0.1) is 0 Å². The summed E-state index contributed by atoms with van der Waals surface area (Å²) in [5.74, 6) is -0.672. The highest BCUT2D eigenvalue weighted by atomic mass is 19.4. The molecule has 5 nitrogen and oxygen atoms in total. The maximum Gasteiger partial charge on any atom is 0.432 e. The number of nitrogens with one attached hydrogen (secondary N) is 1. The van der Waals surface area contributed by atoms with Crippen LogP contribution in [0.5, 0.6) is 0 Å². The van der Waals surface area contributed by atoms with E-state index < -0.39 is 17.8 Å². The molecule has 0 aliphatic carbocycles. The van der Waals surface area contributed by atoms with Gasteiger partial charge in [0.2, 0.25) is 0 Å². The van der Waals surface area contributed by atoms with Gasteiger partial charge < -0.3 is 10.0 Å². The number of aromatic nitrogens is 2. The van der Waals surface area contributed by atoms with Crippen LogP contribution in [-0.2, 0) is 12.7 Å². The van der Waals surface area contributed by atoms with Gasteiger partial charge in [0.25, 0.3) is 5.91 Å². The SMILES string of the molecule is Cc1ccccc1CN(CCO)C(=O)c1cc(C(F)(F)F)[nH]n1. The van der Waals surface area contributed by atoms with E-state index >= 15 is 0 Å². The Balaban J connectivity index is 2.22. The lowest BCUT2D eigenvalue weighted by molar-refractivity contribution is -0.141. The van der Waals surface area contributed by atoms with E-state index in [1.54, 1.807) is 6.07 Å². The molecule has 1 amide bonds. The van der Waals surface area contributed by atoms with Crippen molar-refractivity contribution in [3.63, 3.8) is 0 Å². The van der Waals surface area contributed by atoms with Crippen LogP contribution in [0.4, 0.5) is 13.2 Å². The van der Waals surface area contributed by atoms with Crippen LogP contribution in [0.1, 0.15) is 27.3 Å². The molecule has 2 N–H and O–H groups in total. The predicted octanol–water partition coefficient (Wildman–Crippen LogP) is 2.37. The van der Waals surface area contributed by atoms with E-state index in [4.69, 9.17) is 5.11 Å². The molecule has 1 heterocycles. The highest BCUT2D eigenvalue weighted by molar-refractivity contribution is 5.92. The second kappa shape index (κ2) is 6.82. The molecule has 0 saturated carbocycles. The van der Waals surface area contributed by atoms with Crippen molar-refractivity contribution in [2.75, 3.05) is 13.2 Å². The molecule has 1 aromatic heterocycles. The number of carbonyl (C=O) groups is 1. The normalized spacial score (nSPS) is 11.5. The topological polar surface area (TPSA) is 69.2 Å². The number of hydrogen-bond donors (Lipinski definition) is 2. The van der Waals surface area contributed by atoms with E-state index in [1.807, 2.05) is 30.2 Å². The van der Waals surface area contributed by atoms with Crippen molar-refractivity contribution in [1.29, 1.82) is 0 Å². The average Bonchev–Trinajstić information content (AvgIpc) is 2.98. The van der Waals surface area contributed by atoms with Crippen LogP contribution in [0.25, 0.3) is 0 Å². The first-order valence-electron chi connectivity index (χ1n) is 6.90. The number of halogens is 3. The van der Waals surface area contributed by atoms with Gasteiger partial charge in [-0.05, 0) is 18.1 Å². The minimum Gasteiger partial charge on any atom is -0.395 e. The molecule has 2 aromatic rings. The highest BCUT2D eigenvalue weighted by Crippen LogP contribution is 2.28. The van der Waals surface area contributed by atoms with Gasteiger partial charge in [-0.25, -0.2) is 0 Å². The second-order valence-corrected chi connectivity index (χ2v) is 5.04. The molecule has 0 unspecified atom stereocenters. The minimum absolute atomic E-state index is 0.00137. The number of aryl methyl sites for hydroxylation is 1. The van der Waals surface area contributed by atoms with E-state index in [0.717, 1.165) is 11.1 Å². The second-order valence-electron chi connectivity index (χ2n) is 5.04. The van der Waals surface area contributed by atoms with Gasteiger partial charge >= 0.3 is 6.18 Å². The molecular formula is C15H16F3N3O2. The molecule has 124 valence electrons. The molecule has 0 radical (unpaired) electrons. The average molecular weight is 327 g/mol. The molecule has 0 fully saturated rings. The molecule has 23 heavy (non-hydrogen) atoms. The number of nitrogens with zero attached hydrogens (tertiary/aromatic N) is 2. The molecule has 0 atom stereocenters. The van der Waals surface area contributed by atoms with Crippen molar-refractivity contribution in [3.8, 4) is 0 Å². The Bertz CT molecular complexity index is 683. The van der Waals surface area contributed by atoms with Crippen LogP contribution in [0.2, 0.25) is 0 Å². The number of aliphatic hydroxyl groups is 1. The number of alkyl halides is 3. The lowest BCUT2D eigenvalue weighted by atomic mass is 10.1. The Labute approximate surface area is 130 Å². The summed E-state index contributed by atoms with van der Waals surface area (Å²) >= 11 is 0. The monoisotopic (exact) mass is 327 g/mol. The Morgan fingerprint density at radius 3 is 2.61 bits per heavy atom. The fourth-order valence-corrected chi connectivity index (χ4v) is 2.10. The van der Waals surface area contributed by atoms with Crippen LogP contribution in [0, 0.1) is 6.92 Å². The molecule has 0 aliphatic heterocycles. The number of H-pyrrole nitrogens is 1. The summed E-state index contributed by atoms with van der Waals surface area (Å²) in [5, 5.41) is 14.4. The van der Waals surface area contributed by atoms with Gasteiger partial charge in [-0.2, -0.15) is 18.3 Å². The van der Waals surface area contributed by atoms with Gasteiger partial charge in [-0.1, -0.05) is 24.3 Å². The zero-order valence-electron chi connectivity index (χ0n) is 12.4. The zero-order chi connectivity index (χ0) is 17.0. The smallest absolute Gasteiger partial charge is 0.395 e.